The molecule has 1 N–H and O–H groups in total. The Bertz CT molecular complexity index is 1100. The molecule has 2 atom stereocenters. The summed E-state index contributed by atoms with van der Waals surface area (Å²) in [6.45, 7) is 2.23. The van der Waals surface area contributed by atoms with Crippen molar-refractivity contribution >= 4 is 11.8 Å². The molecule has 2 heterocycles. The Morgan fingerprint density at radius 2 is 1.83 bits per heavy atom. The SMILES string of the molecule is CC(NC(=O)C1Cc2ccccc2CN1C(=O)c1ccco1)c1ccc(C#N)cc1. The first kappa shape index (κ1) is 19.5. The Balaban J connectivity index is 1.57. The van der Waals surface area contributed by atoms with Gasteiger partial charge in [-0.25, -0.2) is 0 Å². The minimum Gasteiger partial charge on any atom is -0.459 e. The molecule has 1 aliphatic rings. The molecule has 0 bridgehead atoms. The number of nitrogens with zero attached hydrogens (tertiary/aromatic N) is 2. The second kappa shape index (κ2) is 8.26. The zero-order valence-electron chi connectivity index (χ0n) is 16.5. The fraction of sp³-hybridized carbons (Fsp3) is 0.208. The molecule has 2 unspecified atom stereocenters. The second-order valence-corrected chi connectivity index (χ2v) is 7.36. The molecule has 6 heteroatoms. The molecule has 1 aliphatic heterocycles. The maximum atomic E-state index is 13.2. The predicted octanol–water partition coefficient (Wildman–Crippen LogP) is 3.60. The average Bonchev–Trinajstić information content (AvgIpc) is 3.32. The summed E-state index contributed by atoms with van der Waals surface area (Å²) in [6.07, 6.45) is 1.89. The summed E-state index contributed by atoms with van der Waals surface area (Å²) in [5.41, 5.74) is 3.55. The van der Waals surface area contributed by atoms with Crippen molar-refractivity contribution < 1.29 is 14.0 Å². The highest BCUT2D eigenvalue weighted by atomic mass is 16.3. The van der Waals surface area contributed by atoms with Crippen LogP contribution < -0.4 is 5.32 Å². The lowest BCUT2D eigenvalue weighted by atomic mass is 9.93. The minimum atomic E-state index is -0.640. The van der Waals surface area contributed by atoms with Crippen LogP contribution in [0.25, 0.3) is 0 Å². The maximum absolute atomic E-state index is 13.2. The number of furan rings is 1. The fourth-order valence-corrected chi connectivity index (χ4v) is 3.75. The van der Waals surface area contributed by atoms with Crippen molar-refractivity contribution in [1.82, 2.24) is 10.2 Å². The van der Waals surface area contributed by atoms with E-state index >= 15 is 0 Å². The molecule has 1 aromatic heterocycles. The summed E-state index contributed by atoms with van der Waals surface area (Å²) < 4.78 is 5.29. The van der Waals surface area contributed by atoms with Gasteiger partial charge in [-0.3, -0.25) is 9.59 Å². The number of hydrogen-bond donors (Lipinski definition) is 1. The molecule has 2 amide bonds. The van der Waals surface area contributed by atoms with Crippen LogP contribution in [0.4, 0.5) is 0 Å². The van der Waals surface area contributed by atoms with Crippen LogP contribution in [-0.2, 0) is 17.8 Å². The number of fused-ring (bicyclic) bond motifs is 1. The standard InChI is InChI=1S/C24H21N3O3/c1-16(18-10-8-17(14-25)9-11-18)26-23(28)21-13-19-5-2-3-6-20(19)15-27(21)24(29)22-7-4-12-30-22/h2-12,16,21H,13,15H2,1H3,(H,26,28). The van der Waals surface area contributed by atoms with Gasteiger partial charge in [0.2, 0.25) is 5.91 Å². The van der Waals surface area contributed by atoms with Gasteiger partial charge >= 0.3 is 0 Å². The van der Waals surface area contributed by atoms with E-state index in [1.165, 1.54) is 6.26 Å². The molecule has 0 aliphatic carbocycles. The molecule has 4 rings (SSSR count). The molecule has 0 saturated carbocycles. The second-order valence-electron chi connectivity index (χ2n) is 7.36. The van der Waals surface area contributed by atoms with Crippen molar-refractivity contribution in [3.05, 3.63) is 94.9 Å². The van der Waals surface area contributed by atoms with E-state index in [1.807, 2.05) is 43.3 Å². The Kier molecular flexibility index (Phi) is 5.36. The fourth-order valence-electron chi connectivity index (χ4n) is 3.75. The summed E-state index contributed by atoms with van der Waals surface area (Å²) in [5, 5.41) is 12.0. The molecule has 0 spiro atoms. The maximum Gasteiger partial charge on any atom is 0.290 e. The van der Waals surface area contributed by atoms with Gasteiger partial charge in [-0.05, 0) is 47.9 Å². The third kappa shape index (κ3) is 3.83. The lowest BCUT2D eigenvalue weighted by Crippen LogP contribution is -2.52. The van der Waals surface area contributed by atoms with E-state index in [0.29, 0.717) is 18.5 Å². The third-order valence-corrected chi connectivity index (χ3v) is 5.44. The van der Waals surface area contributed by atoms with Gasteiger partial charge in [0.1, 0.15) is 6.04 Å². The Hall–Kier alpha value is -3.85. The molecular formula is C24H21N3O3. The van der Waals surface area contributed by atoms with E-state index in [9.17, 15) is 9.59 Å². The quantitative estimate of drug-likeness (QED) is 0.726. The normalized spacial score (nSPS) is 16.3. The molecule has 0 fully saturated rings. The van der Waals surface area contributed by atoms with Crippen molar-refractivity contribution in [2.75, 3.05) is 0 Å². The van der Waals surface area contributed by atoms with Gasteiger partial charge in [-0.1, -0.05) is 36.4 Å². The lowest BCUT2D eigenvalue weighted by molar-refractivity contribution is -0.126. The molecule has 0 radical (unpaired) electrons. The van der Waals surface area contributed by atoms with Crippen LogP contribution in [0.1, 0.15) is 45.8 Å². The van der Waals surface area contributed by atoms with E-state index in [1.54, 1.807) is 29.2 Å². The zero-order valence-corrected chi connectivity index (χ0v) is 16.5. The monoisotopic (exact) mass is 399 g/mol. The summed E-state index contributed by atoms with van der Waals surface area (Å²) in [6, 6.07) is 19.4. The Labute approximate surface area is 174 Å². The minimum absolute atomic E-state index is 0.215. The first-order valence-electron chi connectivity index (χ1n) is 9.78. The largest absolute Gasteiger partial charge is 0.459 e. The van der Waals surface area contributed by atoms with Gasteiger partial charge in [0, 0.05) is 13.0 Å². The van der Waals surface area contributed by atoms with Crippen LogP contribution in [-0.4, -0.2) is 22.8 Å². The number of nitrogens with one attached hydrogen (secondary N) is 1. The van der Waals surface area contributed by atoms with E-state index in [4.69, 9.17) is 9.68 Å². The molecule has 150 valence electrons. The van der Waals surface area contributed by atoms with E-state index in [2.05, 4.69) is 11.4 Å². The van der Waals surface area contributed by atoms with Crippen molar-refractivity contribution in [1.29, 1.82) is 5.26 Å². The number of rotatable bonds is 4. The smallest absolute Gasteiger partial charge is 0.290 e. The van der Waals surface area contributed by atoms with Crippen LogP contribution in [0.2, 0.25) is 0 Å². The highest BCUT2D eigenvalue weighted by molar-refractivity contribution is 5.96. The molecule has 0 saturated heterocycles. The van der Waals surface area contributed by atoms with Gasteiger partial charge < -0.3 is 14.6 Å². The highest BCUT2D eigenvalue weighted by Gasteiger charge is 2.36. The summed E-state index contributed by atoms with van der Waals surface area (Å²) >= 11 is 0. The molecule has 30 heavy (non-hydrogen) atoms. The molecule has 3 aromatic rings. The number of benzene rings is 2. The molecule has 2 aromatic carbocycles. The van der Waals surface area contributed by atoms with Crippen LogP contribution in [0.15, 0.2) is 71.3 Å². The summed E-state index contributed by atoms with van der Waals surface area (Å²) in [4.78, 5) is 27.8. The number of carbonyl (C=O) groups is 2. The lowest BCUT2D eigenvalue weighted by Gasteiger charge is -2.36. The third-order valence-electron chi connectivity index (χ3n) is 5.44. The van der Waals surface area contributed by atoms with E-state index < -0.39 is 6.04 Å². The van der Waals surface area contributed by atoms with Gasteiger partial charge in [0.05, 0.1) is 23.9 Å². The van der Waals surface area contributed by atoms with Gasteiger partial charge in [-0.15, -0.1) is 0 Å². The average molecular weight is 399 g/mol. The Morgan fingerprint density at radius 1 is 1.10 bits per heavy atom. The highest BCUT2D eigenvalue weighted by Crippen LogP contribution is 2.26. The van der Waals surface area contributed by atoms with Crippen molar-refractivity contribution in [3.63, 3.8) is 0 Å². The first-order chi connectivity index (χ1) is 14.6. The summed E-state index contributed by atoms with van der Waals surface area (Å²) in [5.74, 6) is -0.311. The van der Waals surface area contributed by atoms with Crippen LogP contribution in [0.5, 0.6) is 0 Å². The van der Waals surface area contributed by atoms with Gasteiger partial charge in [-0.2, -0.15) is 5.26 Å². The van der Waals surface area contributed by atoms with Crippen molar-refractivity contribution in [2.45, 2.75) is 32.0 Å². The van der Waals surface area contributed by atoms with Gasteiger partial charge in [0.15, 0.2) is 5.76 Å². The molecular weight excluding hydrogens is 378 g/mol. The van der Waals surface area contributed by atoms with Crippen LogP contribution in [0.3, 0.4) is 0 Å². The predicted molar refractivity (Wildman–Crippen MR) is 110 cm³/mol. The van der Waals surface area contributed by atoms with E-state index in [0.717, 1.165) is 16.7 Å². The Morgan fingerprint density at radius 3 is 2.50 bits per heavy atom. The molecule has 6 nitrogen and oxygen atoms in total. The first-order valence-corrected chi connectivity index (χ1v) is 9.78. The number of nitriles is 1. The zero-order chi connectivity index (χ0) is 21.1. The van der Waals surface area contributed by atoms with Gasteiger partial charge in [0.25, 0.3) is 5.91 Å². The van der Waals surface area contributed by atoms with Crippen LogP contribution in [0, 0.1) is 11.3 Å². The van der Waals surface area contributed by atoms with Crippen LogP contribution >= 0.6 is 0 Å². The number of hydrogen-bond acceptors (Lipinski definition) is 4. The van der Waals surface area contributed by atoms with E-state index in [-0.39, 0.29) is 23.6 Å². The number of amides is 2. The number of carbonyl (C=O) groups excluding carboxylic acids is 2. The topological polar surface area (TPSA) is 86.3 Å². The summed E-state index contributed by atoms with van der Waals surface area (Å²) in [7, 11) is 0. The van der Waals surface area contributed by atoms with Crippen molar-refractivity contribution in [3.8, 4) is 6.07 Å². The van der Waals surface area contributed by atoms with Crippen molar-refractivity contribution in [2.24, 2.45) is 0 Å².